The van der Waals surface area contributed by atoms with Crippen LogP contribution in [0.25, 0.3) is 16.8 Å². The van der Waals surface area contributed by atoms with Gasteiger partial charge in [0, 0.05) is 23.9 Å². The van der Waals surface area contributed by atoms with Crippen LogP contribution >= 0.6 is 0 Å². The normalized spacial score (nSPS) is 13.2. The van der Waals surface area contributed by atoms with Crippen molar-refractivity contribution in [1.82, 2.24) is 14.4 Å². The lowest BCUT2D eigenvalue weighted by atomic mass is 9.89. The van der Waals surface area contributed by atoms with Crippen LogP contribution in [0.3, 0.4) is 0 Å². The number of anilines is 1. The van der Waals surface area contributed by atoms with Gasteiger partial charge >= 0.3 is 0 Å². The third-order valence-electron chi connectivity index (χ3n) is 6.37. The van der Waals surface area contributed by atoms with Crippen LogP contribution < -0.4 is 10.5 Å². The second-order valence-corrected chi connectivity index (χ2v) is 8.88. The van der Waals surface area contributed by atoms with E-state index >= 15 is 0 Å². The van der Waals surface area contributed by atoms with Crippen molar-refractivity contribution in [1.29, 1.82) is 0 Å². The van der Waals surface area contributed by atoms with Gasteiger partial charge in [-0.1, -0.05) is 58.2 Å². The zero-order valence-corrected chi connectivity index (χ0v) is 19.9. The second kappa shape index (κ2) is 10.5. The highest BCUT2D eigenvalue weighted by Crippen LogP contribution is 2.36. The summed E-state index contributed by atoms with van der Waals surface area (Å²) in [6, 6.07) is 17.9. The third-order valence-corrected chi connectivity index (χ3v) is 6.37. The summed E-state index contributed by atoms with van der Waals surface area (Å²) >= 11 is 0. The van der Waals surface area contributed by atoms with Crippen LogP contribution in [0.15, 0.2) is 67.0 Å². The van der Waals surface area contributed by atoms with E-state index < -0.39 is 0 Å². The van der Waals surface area contributed by atoms with Crippen LogP contribution in [0.1, 0.15) is 64.6 Å². The number of hydrogen-bond acceptors (Lipinski definition) is 4. The van der Waals surface area contributed by atoms with Crippen LogP contribution in [0.5, 0.6) is 11.5 Å². The molecule has 2 atom stereocenters. The van der Waals surface area contributed by atoms with Gasteiger partial charge in [-0.3, -0.25) is 4.40 Å². The number of benzene rings is 2. The number of aromatic nitrogens is 3. The Labute approximate surface area is 196 Å². The lowest BCUT2D eigenvalue weighted by Crippen LogP contribution is -2.09. The summed E-state index contributed by atoms with van der Waals surface area (Å²) in [6.07, 6.45) is 9.57. The van der Waals surface area contributed by atoms with E-state index in [0.29, 0.717) is 17.7 Å². The van der Waals surface area contributed by atoms with Gasteiger partial charge in [-0.25, -0.2) is 9.97 Å². The predicted molar refractivity (Wildman–Crippen MR) is 136 cm³/mol. The van der Waals surface area contributed by atoms with E-state index in [2.05, 4.69) is 30.2 Å². The number of nitrogens with two attached hydrogens (primary N) is 1. The van der Waals surface area contributed by atoms with Crippen molar-refractivity contribution in [2.24, 2.45) is 5.92 Å². The monoisotopic (exact) mass is 442 g/mol. The van der Waals surface area contributed by atoms with E-state index in [-0.39, 0.29) is 0 Å². The molecular formula is C28H34N4O. The summed E-state index contributed by atoms with van der Waals surface area (Å²) < 4.78 is 8.12. The fourth-order valence-electron chi connectivity index (χ4n) is 4.34. The van der Waals surface area contributed by atoms with Crippen molar-refractivity contribution in [2.75, 3.05) is 5.73 Å². The number of hydrogen-bond donors (Lipinski definition) is 1. The molecule has 4 aromatic rings. The summed E-state index contributed by atoms with van der Waals surface area (Å²) in [4.78, 5) is 9.55. The van der Waals surface area contributed by atoms with Gasteiger partial charge in [0.05, 0.1) is 0 Å². The Morgan fingerprint density at radius 1 is 1.00 bits per heavy atom. The van der Waals surface area contributed by atoms with Crippen molar-refractivity contribution >= 4 is 11.3 Å². The number of imidazole rings is 1. The molecule has 33 heavy (non-hydrogen) atoms. The Morgan fingerprint density at radius 3 is 2.42 bits per heavy atom. The Hall–Kier alpha value is -3.34. The third kappa shape index (κ3) is 5.19. The molecule has 5 heteroatoms. The number of nitrogen functional groups attached to an aromatic ring is 1. The topological polar surface area (TPSA) is 65.4 Å². The highest BCUT2D eigenvalue weighted by atomic mass is 16.5. The van der Waals surface area contributed by atoms with Gasteiger partial charge < -0.3 is 10.5 Å². The first-order valence-corrected chi connectivity index (χ1v) is 12.1. The Bertz CT molecular complexity index is 1170. The minimum absolute atomic E-state index is 0.392. The summed E-state index contributed by atoms with van der Waals surface area (Å²) in [5.74, 6) is 4.25. The number of ether oxygens (including phenoxy) is 1. The van der Waals surface area contributed by atoms with Crippen LogP contribution in [-0.2, 0) is 0 Å². The highest BCUT2D eigenvalue weighted by molar-refractivity contribution is 5.85. The molecule has 0 saturated heterocycles. The summed E-state index contributed by atoms with van der Waals surface area (Å²) in [7, 11) is 0. The molecule has 4 rings (SSSR count). The second-order valence-electron chi connectivity index (χ2n) is 8.88. The van der Waals surface area contributed by atoms with E-state index in [4.69, 9.17) is 15.5 Å². The first-order valence-electron chi connectivity index (χ1n) is 12.1. The summed E-state index contributed by atoms with van der Waals surface area (Å²) in [5, 5.41) is 0. The quantitative estimate of drug-likeness (QED) is 0.276. The molecule has 2 N–H and O–H groups in total. The van der Waals surface area contributed by atoms with Gasteiger partial charge in [-0.05, 0) is 55.2 Å². The molecule has 0 amide bonds. The van der Waals surface area contributed by atoms with Crippen molar-refractivity contribution in [3.05, 3.63) is 72.8 Å². The zero-order valence-electron chi connectivity index (χ0n) is 19.9. The molecule has 2 heterocycles. The molecule has 0 saturated carbocycles. The molecule has 2 aromatic heterocycles. The van der Waals surface area contributed by atoms with E-state index in [1.807, 2.05) is 60.8 Å². The van der Waals surface area contributed by atoms with Crippen molar-refractivity contribution in [2.45, 2.75) is 58.8 Å². The molecule has 0 aliphatic rings. The van der Waals surface area contributed by atoms with Crippen LogP contribution in [0.4, 0.5) is 5.82 Å². The van der Waals surface area contributed by atoms with Gasteiger partial charge in [-0.2, -0.15) is 0 Å². The van der Waals surface area contributed by atoms with E-state index in [1.165, 1.54) is 19.3 Å². The lowest BCUT2D eigenvalue weighted by molar-refractivity contribution is 0.416. The Kier molecular flexibility index (Phi) is 7.28. The first kappa shape index (κ1) is 22.8. The molecule has 5 nitrogen and oxygen atoms in total. The van der Waals surface area contributed by atoms with Crippen molar-refractivity contribution < 1.29 is 4.74 Å². The van der Waals surface area contributed by atoms with Gasteiger partial charge in [-0.15, -0.1) is 0 Å². The number of nitrogens with zero attached hydrogens (tertiary/aromatic N) is 3. The molecule has 172 valence electrons. The Balaban J connectivity index is 1.72. The molecule has 0 fully saturated rings. The fourth-order valence-corrected chi connectivity index (χ4v) is 4.34. The molecule has 0 radical (unpaired) electrons. The molecular weight excluding hydrogens is 408 g/mol. The summed E-state index contributed by atoms with van der Waals surface area (Å²) in [6.45, 7) is 6.84. The molecule has 0 aliphatic heterocycles. The number of rotatable bonds is 10. The van der Waals surface area contributed by atoms with Gasteiger partial charge in [0.2, 0.25) is 0 Å². The standard InChI is InChI=1S/C28H34N4O/c1-4-6-10-22(19-20(3)5-2)28-31-25(26-27(29)30-17-18-32(26)28)21-13-15-24(16-14-21)33-23-11-8-7-9-12-23/h7-9,11-18,20,22H,4-6,10,19H2,1-3H3,(H2,29,30). The Morgan fingerprint density at radius 2 is 1.73 bits per heavy atom. The van der Waals surface area contributed by atoms with Crippen LogP contribution in [0.2, 0.25) is 0 Å². The average molecular weight is 443 g/mol. The molecule has 2 unspecified atom stereocenters. The van der Waals surface area contributed by atoms with Crippen LogP contribution in [0, 0.1) is 5.92 Å². The molecule has 2 aromatic carbocycles. The largest absolute Gasteiger partial charge is 0.457 e. The SMILES string of the molecule is CCCCC(CC(C)CC)c1nc(-c2ccc(Oc3ccccc3)cc2)c2c(N)nccn12. The average Bonchev–Trinajstić information content (AvgIpc) is 3.23. The van der Waals surface area contributed by atoms with Gasteiger partial charge in [0.1, 0.15) is 34.4 Å². The zero-order chi connectivity index (χ0) is 23.2. The molecule has 0 bridgehead atoms. The molecule has 0 aliphatic carbocycles. The smallest absolute Gasteiger partial charge is 0.150 e. The van der Waals surface area contributed by atoms with Gasteiger partial charge in [0.15, 0.2) is 0 Å². The van der Waals surface area contributed by atoms with Crippen molar-refractivity contribution in [3.8, 4) is 22.8 Å². The van der Waals surface area contributed by atoms with Crippen molar-refractivity contribution in [3.63, 3.8) is 0 Å². The van der Waals surface area contributed by atoms with E-state index in [9.17, 15) is 0 Å². The highest BCUT2D eigenvalue weighted by Gasteiger charge is 2.23. The fraction of sp³-hybridized carbons (Fsp3) is 0.357. The van der Waals surface area contributed by atoms with Crippen LogP contribution in [-0.4, -0.2) is 14.4 Å². The lowest BCUT2D eigenvalue weighted by Gasteiger charge is -2.19. The first-order chi connectivity index (χ1) is 16.1. The number of fused-ring (bicyclic) bond motifs is 1. The van der Waals surface area contributed by atoms with Gasteiger partial charge in [0.25, 0.3) is 0 Å². The number of para-hydroxylation sites is 1. The predicted octanol–water partition coefficient (Wildman–Crippen LogP) is 7.48. The number of unbranched alkanes of at least 4 members (excludes halogenated alkanes) is 1. The molecule has 0 spiro atoms. The maximum absolute atomic E-state index is 6.37. The van der Waals surface area contributed by atoms with E-state index in [0.717, 1.165) is 46.9 Å². The maximum atomic E-state index is 6.37. The summed E-state index contributed by atoms with van der Waals surface area (Å²) in [5.41, 5.74) is 9.15. The minimum Gasteiger partial charge on any atom is -0.457 e. The maximum Gasteiger partial charge on any atom is 0.150 e. The van der Waals surface area contributed by atoms with E-state index in [1.54, 1.807) is 6.20 Å². The minimum atomic E-state index is 0.392.